The molecule has 0 amide bonds. The summed E-state index contributed by atoms with van der Waals surface area (Å²) in [5, 5.41) is 0. The third kappa shape index (κ3) is 2.75. The third-order valence-corrected chi connectivity index (χ3v) is 4.96. The number of nitrogens with zero attached hydrogens (tertiary/aromatic N) is 2. The average Bonchev–Trinajstić information content (AvgIpc) is 2.46. The third-order valence-electron chi connectivity index (χ3n) is 4.34. The highest BCUT2D eigenvalue weighted by molar-refractivity contribution is 9.10. The van der Waals surface area contributed by atoms with Crippen molar-refractivity contribution >= 4 is 21.6 Å². The molecule has 1 atom stereocenters. The monoisotopic (exact) mass is 324 g/mol. The lowest BCUT2D eigenvalue weighted by Gasteiger charge is -2.45. The number of piperazine rings is 1. The van der Waals surface area contributed by atoms with Gasteiger partial charge in [-0.2, -0.15) is 0 Å². The Kier molecular flexibility index (Phi) is 3.99. The van der Waals surface area contributed by atoms with E-state index in [0.29, 0.717) is 0 Å². The first kappa shape index (κ1) is 13.3. The summed E-state index contributed by atoms with van der Waals surface area (Å²) >= 11 is 3.58. The van der Waals surface area contributed by atoms with E-state index in [1.807, 2.05) is 6.07 Å². The fourth-order valence-corrected chi connectivity index (χ4v) is 3.77. The number of ether oxygens (including phenoxy) is 1. The van der Waals surface area contributed by atoms with Crippen LogP contribution in [0.5, 0.6) is 5.75 Å². The van der Waals surface area contributed by atoms with Gasteiger partial charge in [0.1, 0.15) is 5.75 Å². The number of hydrogen-bond acceptors (Lipinski definition) is 3. The van der Waals surface area contributed by atoms with E-state index in [4.69, 9.17) is 4.74 Å². The van der Waals surface area contributed by atoms with Gasteiger partial charge < -0.3 is 9.64 Å². The summed E-state index contributed by atoms with van der Waals surface area (Å²) < 4.78 is 6.34. The molecule has 3 rings (SSSR count). The molecule has 0 bridgehead atoms. The number of anilines is 1. The number of piperidine rings is 1. The van der Waals surface area contributed by atoms with Crippen LogP contribution in [0.4, 0.5) is 5.69 Å². The first-order valence-corrected chi connectivity index (χ1v) is 7.90. The van der Waals surface area contributed by atoms with Crippen LogP contribution in [-0.4, -0.2) is 44.2 Å². The van der Waals surface area contributed by atoms with E-state index in [9.17, 15) is 0 Å². The Morgan fingerprint density at radius 3 is 2.89 bits per heavy atom. The molecular formula is C15H21BrN2O. The lowest BCUT2D eigenvalue weighted by molar-refractivity contribution is 0.133. The fraction of sp³-hybridized carbons (Fsp3) is 0.600. The molecule has 0 N–H and O–H groups in total. The Morgan fingerprint density at radius 1 is 1.21 bits per heavy atom. The Morgan fingerprint density at radius 2 is 2.11 bits per heavy atom. The van der Waals surface area contributed by atoms with Crippen molar-refractivity contribution in [1.29, 1.82) is 0 Å². The zero-order valence-electron chi connectivity index (χ0n) is 11.4. The second-order valence-electron chi connectivity index (χ2n) is 5.45. The molecule has 1 aromatic rings. The van der Waals surface area contributed by atoms with E-state index in [2.05, 4.69) is 37.9 Å². The lowest BCUT2D eigenvalue weighted by atomic mass is 9.99. The molecule has 4 heteroatoms. The van der Waals surface area contributed by atoms with Crippen molar-refractivity contribution in [3.63, 3.8) is 0 Å². The zero-order valence-corrected chi connectivity index (χ0v) is 13.0. The number of halogens is 1. The summed E-state index contributed by atoms with van der Waals surface area (Å²) in [5.74, 6) is 0.903. The molecule has 3 nitrogen and oxygen atoms in total. The Hall–Kier alpha value is -0.740. The summed E-state index contributed by atoms with van der Waals surface area (Å²) in [6.07, 6.45) is 4.12. The maximum absolute atomic E-state index is 5.30. The molecular weight excluding hydrogens is 304 g/mol. The number of fused-ring (bicyclic) bond motifs is 1. The standard InChI is InChI=1S/C15H21BrN2O/c1-19-15-6-5-12(10-14(15)16)18-9-8-17-7-3-2-4-13(17)11-18/h5-6,10,13H,2-4,7-9,11H2,1H3. The van der Waals surface area contributed by atoms with Gasteiger partial charge in [0.15, 0.2) is 0 Å². The van der Waals surface area contributed by atoms with E-state index in [0.717, 1.165) is 22.8 Å². The van der Waals surface area contributed by atoms with Crippen molar-refractivity contribution < 1.29 is 4.74 Å². The summed E-state index contributed by atoms with van der Waals surface area (Å²) in [7, 11) is 1.71. The maximum Gasteiger partial charge on any atom is 0.133 e. The minimum absolute atomic E-state index is 0.753. The molecule has 2 heterocycles. The molecule has 2 aliphatic heterocycles. The number of benzene rings is 1. The van der Waals surface area contributed by atoms with E-state index in [1.165, 1.54) is 44.6 Å². The van der Waals surface area contributed by atoms with E-state index in [-0.39, 0.29) is 0 Å². The van der Waals surface area contributed by atoms with E-state index < -0.39 is 0 Å². The van der Waals surface area contributed by atoms with Crippen LogP contribution in [0.15, 0.2) is 22.7 Å². The zero-order chi connectivity index (χ0) is 13.2. The average molecular weight is 325 g/mol. The molecule has 1 aromatic carbocycles. The number of methoxy groups -OCH3 is 1. The Balaban J connectivity index is 1.74. The summed E-state index contributed by atoms with van der Waals surface area (Å²) in [6, 6.07) is 7.15. The molecule has 2 aliphatic rings. The minimum Gasteiger partial charge on any atom is -0.496 e. The van der Waals surface area contributed by atoms with E-state index >= 15 is 0 Å². The van der Waals surface area contributed by atoms with Crippen LogP contribution in [-0.2, 0) is 0 Å². The van der Waals surface area contributed by atoms with Gasteiger partial charge in [-0.3, -0.25) is 4.90 Å². The number of rotatable bonds is 2. The highest BCUT2D eigenvalue weighted by Crippen LogP contribution is 2.31. The smallest absolute Gasteiger partial charge is 0.133 e. The molecule has 2 saturated heterocycles. The minimum atomic E-state index is 0.753. The van der Waals surface area contributed by atoms with Crippen LogP contribution in [0.3, 0.4) is 0 Å². The van der Waals surface area contributed by atoms with Gasteiger partial charge >= 0.3 is 0 Å². The maximum atomic E-state index is 5.30. The summed E-state index contributed by atoms with van der Waals surface area (Å²) in [5.41, 5.74) is 1.30. The molecule has 2 fully saturated rings. The van der Waals surface area contributed by atoms with Gasteiger partial charge in [0.25, 0.3) is 0 Å². The first-order valence-electron chi connectivity index (χ1n) is 7.10. The largest absolute Gasteiger partial charge is 0.496 e. The molecule has 1 unspecified atom stereocenters. The molecule has 0 radical (unpaired) electrons. The van der Waals surface area contributed by atoms with Crippen LogP contribution in [0.25, 0.3) is 0 Å². The first-order chi connectivity index (χ1) is 9.28. The van der Waals surface area contributed by atoms with Crippen LogP contribution in [0.1, 0.15) is 19.3 Å². The van der Waals surface area contributed by atoms with Crippen molar-refractivity contribution in [3.8, 4) is 5.75 Å². The van der Waals surface area contributed by atoms with Crippen molar-refractivity contribution in [3.05, 3.63) is 22.7 Å². The lowest BCUT2D eigenvalue weighted by Crippen LogP contribution is -2.54. The van der Waals surface area contributed by atoms with Gasteiger partial charge in [-0.1, -0.05) is 6.42 Å². The highest BCUT2D eigenvalue weighted by Gasteiger charge is 2.29. The predicted octanol–water partition coefficient (Wildman–Crippen LogP) is 3.13. The summed E-state index contributed by atoms with van der Waals surface area (Å²) in [6.45, 7) is 4.80. The second kappa shape index (κ2) is 5.71. The molecule has 104 valence electrons. The molecule has 0 aromatic heterocycles. The topological polar surface area (TPSA) is 15.7 Å². The molecule has 0 saturated carbocycles. The van der Waals surface area contributed by atoms with Crippen LogP contribution in [0.2, 0.25) is 0 Å². The second-order valence-corrected chi connectivity index (χ2v) is 6.30. The summed E-state index contributed by atoms with van der Waals surface area (Å²) in [4.78, 5) is 5.18. The van der Waals surface area contributed by atoms with Gasteiger partial charge in [-0.05, 0) is 53.5 Å². The van der Waals surface area contributed by atoms with Gasteiger partial charge in [-0.15, -0.1) is 0 Å². The normalized spacial score (nSPS) is 24.1. The Bertz CT molecular complexity index is 452. The van der Waals surface area contributed by atoms with Crippen LogP contribution >= 0.6 is 15.9 Å². The quantitative estimate of drug-likeness (QED) is 0.831. The SMILES string of the molecule is COc1ccc(N2CCN3CCCCC3C2)cc1Br. The van der Waals surface area contributed by atoms with E-state index in [1.54, 1.807) is 7.11 Å². The van der Waals surface area contributed by atoms with Crippen LogP contribution < -0.4 is 9.64 Å². The van der Waals surface area contributed by atoms with Gasteiger partial charge in [-0.25, -0.2) is 0 Å². The van der Waals surface area contributed by atoms with Crippen LogP contribution in [0, 0.1) is 0 Å². The fourth-order valence-electron chi connectivity index (χ4n) is 3.24. The van der Waals surface area contributed by atoms with Crippen molar-refractivity contribution in [2.24, 2.45) is 0 Å². The van der Waals surface area contributed by atoms with Gasteiger partial charge in [0.05, 0.1) is 11.6 Å². The number of hydrogen-bond donors (Lipinski definition) is 0. The van der Waals surface area contributed by atoms with Crippen molar-refractivity contribution in [2.45, 2.75) is 25.3 Å². The molecule has 0 spiro atoms. The molecule has 0 aliphatic carbocycles. The Labute approximate surface area is 123 Å². The van der Waals surface area contributed by atoms with Crippen molar-refractivity contribution in [1.82, 2.24) is 4.90 Å². The highest BCUT2D eigenvalue weighted by atomic mass is 79.9. The van der Waals surface area contributed by atoms with Gasteiger partial charge in [0, 0.05) is 31.4 Å². The predicted molar refractivity (Wildman–Crippen MR) is 82.1 cm³/mol. The van der Waals surface area contributed by atoms with Crippen molar-refractivity contribution in [2.75, 3.05) is 38.2 Å². The molecule has 19 heavy (non-hydrogen) atoms. The van der Waals surface area contributed by atoms with Gasteiger partial charge in [0.2, 0.25) is 0 Å².